The van der Waals surface area contributed by atoms with Crippen LogP contribution in [-0.4, -0.2) is 19.3 Å². The van der Waals surface area contributed by atoms with Gasteiger partial charge in [-0.2, -0.15) is 0 Å². The number of rotatable bonds is 1. The highest BCUT2D eigenvalue weighted by Gasteiger charge is 2.42. The third kappa shape index (κ3) is 1.26. The van der Waals surface area contributed by atoms with Crippen molar-refractivity contribution in [3.8, 4) is 11.5 Å². The number of hydrogen-bond acceptors (Lipinski definition) is 3. The van der Waals surface area contributed by atoms with Crippen molar-refractivity contribution in [2.24, 2.45) is 0 Å². The van der Waals surface area contributed by atoms with E-state index in [2.05, 4.69) is 5.32 Å². The van der Waals surface area contributed by atoms with E-state index in [1.807, 2.05) is 18.2 Å². The Hall–Kier alpha value is -1.38. The van der Waals surface area contributed by atoms with Crippen molar-refractivity contribution >= 4 is 5.69 Å². The van der Waals surface area contributed by atoms with Crippen molar-refractivity contribution in [2.75, 3.05) is 19.0 Å². The van der Waals surface area contributed by atoms with Gasteiger partial charge in [0.2, 0.25) is 0 Å². The molecule has 0 bridgehead atoms. The Morgan fingerprint density at radius 3 is 2.93 bits per heavy atom. The van der Waals surface area contributed by atoms with Crippen molar-refractivity contribution in [1.82, 2.24) is 0 Å². The van der Waals surface area contributed by atoms with E-state index in [9.17, 15) is 0 Å². The van der Waals surface area contributed by atoms with Gasteiger partial charge in [0, 0.05) is 0 Å². The molecular weight excluding hydrogens is 190 g/mol. The van der Waals surface area contributed by atoms with Gasteiger partial charge < -0.3 is 14.8 Å². The number of hydrogen-bond donors (Lipinski definition) is 1. The van der Waals surface area contributed by atoms with Crippen LogP contribution < -0.4 is 14.8 Å². The fraction of sp³-hybridized carbons (Fsp3) is 0.500. The summed E-state index contributed by atoms with van der Waals surface area (Å²) < 4.78 is 11.4. The van der Waals surface area contributed by atoms with Crippen molar-refractivity contribution in [3.63, 3.8) is 0 Å². The number of ether oxygens (including phenoxy) is 2. The minimum atomic E-state index is 0.0433. The third-order valence-electron chi connectivity index (χ3n) is 3.38. The average molecular weight is 205 g/mol. The second kappa shape index (κ2) is 3.05. The topological polar surface area (TPSA) is 30.5 Å². The first-order chi connectivity index (χ1) is 7.33. The van der Waals surface area contributed by atoms with Crippen molar-refractivity contribution in [1.29, 1.82) is 0 Å². The van der Waals surface area contributed by atoms with E-state index in [1.165, 1.54) is 6.42 Å². The second-order valence-electron chi connectivity index (χ2n) is 4.33. The lowest BCUT2D eigenvalue weighted by Crippen LogP contribution is -2.51. The SMILES string of the molecule is COc1cccc2c1OC1(CCC1)CN2. The Labute approximate surface area is 89.4 Å². The molecule has 1 aliphatic carbocycles. The molecule has 0 radical (unpaired) electrons. The standard InChI is InChI=1S/C12H15NO2/c1-14-10-5-2-4-9-11(10)15-12(8-13-9)6-3-7-12/h2,4-5,13H,3,6-8H2,1H3. The van der Waals surface area contributed by atoms with Crippen LogP contribution in [0.2, 0.25) is 0 Å². The number of nitrogens with one attached hydrogen (secondary N) is 1. The zero-order chi connectivity index (χ0) is 10.3. The average Bonchev–Trinajstić information content (AvgIpc) is 2.25. The summed E-state index contributed by atoms with van der Waals surface area (Å²) in [5, 5.41) is 3.43. The van der Waals surface area contributed by atoms with Gasteiger partial charge in [-0.05, 0) is 31.4 Å². The van der Waals surface area contributed by atoms with E-state index < -0.39 is 0 Å². The lowest BCUT2D eigenvalue weighted by atomic mass is 9.79. The van der Waals surface area contributed by atoms with Gasteiger partial charge in [0.15, 0.2) is 11.5 Å². The van der Waals surface area contributed by atoms with E-state index >= 15 is 0 Å². The maximum absolute atomic E-state index is 6.09. The summed E-state index contributed by atoms with van der Waals surface area (Å²) in [7, 11) is 1.68. The molecule has 1 aromatic rings. The van der Waals surface area contributed by atoms with Crippen LogP contribution >= 0.6 is 0 Å². The summed E-state index contributed by atoms with van der Waals surface area (Å²) in [4.78, 5) is 0. The summed E-state index contributed by atoms with van der Waals surface area (Å²) in [5.74, 6) is 1.71. The Morgan fingerprint density at radius 1 is 1.40 bits per heavy atom. The largest absolute Gasteiger partial charge is 0.493 e. The molecule has 1 aliphatic heterocycles. The Balaban J connectivity index is 1.99. The minimum Gasteiger partial charge on any atom is -0.493 e. The number of fused-ring (bicyclic) bond motifs is 1. The zero-order valence-electron chi connectivity index (χ0n) is 8.88. The zero-order valence-corrected chi connectivity index (χ0v) is 8.88. The van der Waals surface area contributed by atoms with Gasteiger partial charge >= 0.3 is 0 Å². The van der Waals surface area contributed by atoms with Crippen molar-refractivity contribution in [2.45, 2.75) is 24.9 Å². The van der Waals surface area contributed by atoms with Crippen LogP contribution in [0.15, 0.2) is 18.2 Å². The maximum atomic E-state index is 6.09. The molecule has 1 spiro atoms. The number of anilines is 1. The van der Waals surface area contributed by atoms with Crippen LogP contribution in [0.25, 0.3) is 0 Å². The van der Waals surface area contributed by atoms with Crippen LogP contribution in [0, 0.1) is 0 Å². The smallest absolute Gasteiger partial charge is 0.185 e. The van der Waals surface area contributed by atoms with E-state index in [1.54, 1.807) is 7.11 Å². The van der Waals surface area contributed by atoms with Crippen LogP contribution in [0.4, 0.5) is 5.69 Å². The molecule has 0 atom stereocenters. The molecule has 0 amide bonds. The molecule has 0 saturated heterocycles. The molecular formula is C12H15NO2. The highest BCUT2D eigenvalue weighted by molar-refractivity contribution is 5.65. The van der Waals surface area contributed by atoms with E-state index in [0.717, 1.165) is 36.6 Å². The summed E-state index contributed by atoms with van der Waals surface area (Å²) in [5.41, 5.74) is 1.09. The van der Waals surface area contributed by atoms with Gasteiger partial charge in [0.25, 0.3) is 0 Å². The van der Waals surface area contributed by atoms with Gasteiger partial charge in [-0.3, -0.25) is 0 Å². The van der Waals surface area contributed by atoms with E-state index in [-0.39, 0.29) is 5.60 Å². The second-order valence-corrected chi connectivity index (χ2v) is 4.33. The summed E-state index contributed by atoms with van der Waals surface area (Å²) in [6.07, 6.45) is 3.57. The van der Waals surface area contributed by atoms with Gasteiger partial charge in [0.1, 0.15) is 5.60 Å². The quantitative estimate of drug-likeness (QED) is 0.763. The number of methoxy groups -OCH3 is 1. The molecule has 3 heteroatoms. The fourth-order valence-corrected chi connectivity index (χ4v) is 2.28. The molecule has 80 valence electrons. The molecule has 3 nitrogen and oxygen atoms in total. The molecule has 0 aromatic heterocycles. The first kappa shape index (κ1) is 8.89. The molecule has 3 rings (SSSR count). The normalized spacial score (nSPS) is 20.9. The summed E-state index contributed by atoms with van der Waals surface area (Å²) >= 11 is 0. The van der Waals surface area contributed by atoms with Crippen LogP contribution in [-0.2, 0) is 0 Å². The third-order valence-corrected chi connectivity index (χ3v) is 3.38. The van der Waals surface area contributed by atoms with Crippen LogP contribution in [0.5, 0.6) is 11.5 Å². The number of benzene rings is 1. The Bertz CT molecular complexity index is 371. The lowest BCUT2D eigenvalue weighted by Gasteiger charge is -2.45. The van der Waals surface area contributed by atoms with Gasteiger partial charge in [0.05, 0.1) is 19.3 Å². The molecule has 1 saturated carbocycles. The molecule has 2 aliphatic rings. The predicted molar refractivity (Wildman–Crippen MR) is 58.7 cm³/mol. The minimum absolute atomic E-state index is 0.0433. The lowest BCUT2D eigenvalue weighted by molar-refractivity contribution is -0.00189. The maximum Gasteiger partial charge on any atom is 0.185 e. The molecule has 1 heterocycles. The number of para-hydroxylation sites is 1. The fourth-order valence-electron chi connectivity index (χ4n) is 2.28. The molecule has 1 N–H and O–H groups in total. The predicted octanol–water partition coefficient (Wildman–Crippen LogP) is 2.42. The molecule has 15 heavy (non-hydrogen) atoms. The first-order valence-electron chi connectivity index (χ1n) is 5.43. The Kier molecular flexibility index (Phi) is 1.81. The van der Waals surface area contributed by atoms with Gasteiger partial charge in [-0.15, -0.1) is 0 Å². The van der Waals surface area contributed by atoms with E-state index in [0.29, 0.717) is 0 Å². The monoisotopic (exact) mass is 205 g/mol. The van der Waals surface area contributed by atoms with Crippen LogP contribution in [0.1, 0.15) is 19.3 Å². The molecule has 1 fully saturated rings. The highest BCUT2D eigenvalue weighted by Crippen LogP contribution is 2.46. The van der Waals surface area contributed by atoms with Crippen LogP contribution in [0.3, 0.4) is 0 Å². The molecule has 1 aromatic carbocycles. The van der Waals surface area contributed by atoms with E-state index in [4.69, 9.17) is 9.47 Å². The summed E-state index contributed by atoms with van der Waals surface area (Å²) in [6.45, 7) is 0.924. The molecule has 0 unspecified atom stereocenters. The highest BCUT2D eigenvalue weighted by atomic mass is 16.5. The van der Waals surface area contributed by atoms with Crippen molar-refractivity contribution in [3.05, 3.63) is 18.2 Å². The van der Waals surface area contributed by atoms with Gasteiger partial charge in [-0.1, -0.05) is 6.07 Å². The van der Waals surface area contributed by atoms with Gasteiger partial charge in [-0.25, -0.2) is 0 Å². The first-order valence-corrected chi connectivity index (χ1v) is 5.43. The Morgan fingerprint density at radius 2 is 2.27 bits per heavy atom. The van der Waals surface area contributed by atoms with Crippen molar-refractivity contribution < 1.29 is 9.47 Å². The summed E-state index contributed by atoms with van der Waals surface area (Å²) in [6, 6.07) is 5.95.